The second-order valence-electron chi connectivity index (χ2n) is 4.13. The first-order chi connectivity index (χ1) is 9.43. The molecule has 8 heteroatoms. The predicted octanol–water partition coefficient (Wildman–Crippen LogP) is 1.81. The van der Waals surface area contributed by atoms with Crippen LogP contribution in [-0.4, -0.2) is 55.1 Å². The van der Waals surface area contributed by atoms with Crippen molar-refractivity contribution in [3.63, 3.8) is 0 Å². The third-order valence-corrected chi connectivity index (χ3v) is 3.12. The monoisotopic (exact) mass is 309 g/mol. The van der Waals surface area contributed by atoms with Crippen LogP contribution in [0, 0.1) is 0 Å². The van der Waals surface area contributed by atoms with E-state index in [1.54, 1.807) is 0 Å². The number of aliphatic hydroxyl groups excluding tert-OH is 1. The van der Waals surface area contributed by atoms with Gasteiger partial charge in [-0.05, 0) is 12.1 Å². The molecule has 0 fully saturated rings. The van der Waals surface area contributed by atoms with E-state index in [9.17, 15) is 18.7 Å². The molecule has 1 amide bonds. The molecule has 0 bridgehead atoms. The highest BCUT2D eigenvalue weighted by Crippen LogP contribution is 2.21. The van der Waals surface area contributed by atoms with Crippen LogP contribution in [0.25, 0.3) is 0 Å². The maximum Gasteiger partial charge on any atom is 0.289 e. The maximum atomic E-state index is 12.0. The Bertz CT molecular complexity index is 427. The number of alkyl halides is 2. The Balaban J connectivity index is 2.54. The van der Waals surface area contributed by atoms with Crippen molar-refractivity contribution in [1.29, 1.82) is 0 Å². The minimum absolute atomic E-state index is 0.000953. The summed E-state index contributed by atoms with van der Waals surface area (Å²) in [6.45, 7) is 0.209. The van der Waals surface area contributed by atoms with E-state index in [4.69, 9.17) is 9.15 Å². The molecule has 1 aromatic rings. The van der Waals surface area contributed by atoms with E-state index in [0.29, 0.717) is 17.5 Å². The summed E-state index contributed by atoms with van der Waals surface area (Å²) in [4.78, 5) is 13.2. The van der Waals surface area contributed by atoms with E-state index in [1.165, 1.54) is 31.2 Å². The first kappa shape index (κ1) is 16.9. The van der Waals surface area contributed by atoms with Crippen molar-refractivity contribution in [2.75, 3.05) is 27.3 Å². The molecule has 0 aliphatic rings. The molecule has 1 atom stereocenters. The van der Waals surface area contributed by atoms with Crippen molar-refractivity contribution in [3.8, 4) is 0 Å². The predicted molar refractivity (Wildman–Crippen MR) is 70.9 cm³/mol. The van der Waals surface area contributed by atoms with E-state index in [0.717, 1.165) is 0 Å². The molecule has 0 spiro atoms. The average molecular weight is 309 g/mol. The topological polar surface area (TPSA) is 62.9 Å². The van der Waals surface area contributed by atoms with Crippen molar-refractivity contribution in [3.05, 3.63) is 23.7 Å². The maximum absolute atomic E-state index is 12.0. The lowest BCUT2D eigenvalue weighted by Gasteiger charge is -2.19. The summed E-state index contributed by atoms with van der Waals surface area (Å²) in [6, 6.07) is 2.92. The molecule has 20 heavy (non-hydrogen) atoms. The summed E-state index contributed by atoms with van der Waals surface area (Å²) in [6.07, 6.45) is -0.794. The lowest BCUT2D eigenvalue weighted by Crippen LogP contribution is -2.36. The van der Waals surface area contributed by atoms with Crippen molar-refractivity contribution in [2.45, 2.75) is 17.6 Å². The molecule has 1 aromatic heterocycles. The normalized spacial score (nSPS) is 12.7. The molecule has 0 saturated carbocycles. The number of furan rings is 1. The van der Waals surface area contributed by atoms with Gasteiger partial charge in [-0.1, -0.05) is 11.8 Å². The lowest BCUT2D eigenvalue weighted by molar-refractivity contribution is 0.0367. The van der Waals surface area contributed by atoms with Gasteiger partial charge in [-0.2, -0.15) is 8.78 Å². The fourth-order valence-corrected chi connectivity index (χ4v) is 1.99. The number of ether oxygens (including phenoxy) is 1. The number of methoxy groups -OCH3 is 1. The SMILES string of the molecule is COCC(O)CN(C)C(=O)c1ccc(CSC(F)F)o1. The number of carbonyl (C=O) groups excluding carboxylic acids is 1. The minimum Gasteiger partial charge on any atom is -0.455 e. The number of aliphatic hydroxyl groups is 1. The Hall–Kier alpha value is -1.12. The molecule has 1 unspecified atom stereocenters. The number of hydrogen-bond acceptors (Lipinski definition) is 5. The summed E-state index contributed by atoms with van der Waals surface area (Å²) in [7, 11) is 2.96. The fourth-order valence-electron chi connectivity index (χ4n) is 1.55. The highest BCUT2D eigenvalue weighted by Gasteiger charge is 2.19. The van der Waals surface area contributed by atoms with E-state index < -0.39 is 17.8 Å². The van der Waals surface area contributed by atoms with Crippen molar-refractivity contribution in [1.82, 2.24) is 4.90 Å². The third-order valence-electron chi connectivity index (χ3n) is 2.41. The first-order valence-electron chi connectivity index (χ1n) is 5.85. The van der Waals surface area contributed by atoms with E-state index in [1.807, 2.05) is 0 Å². The number of likely N-dealkylation sites (N-methyl/N-ethyl adjacent to an activating group) is 1. The smallest absolute Gasteiger partial charge is 0.289 e. The van der Waals surface area contributed by atoms with Crippen LogP contribution in [0.1, 0.15) is 16.3 Å². The Kier molecular flexibility index (Phi) is 6.97. The Morgan fingerprint density at radius 2 is 2.25 bits per heavy atom. The van der Waals surface area contributed by atoms with Crippen molar-refractivity contribution < 1.29 is 27.8 Å². The van der Waals surface area contributed by atoms with Gasteiger partial charge in [-0.25, -0.2) is 0 Å². The zero-order chi connectivity index (χ0) is 15.1. The van der Waals surface area contributed by atoms with Crippen LogP contribution < -0.4 is 0 Å². The number of nitrogens with zero attached hydrogens (tertiary/aromatic N) is 1. The molecule has 0 aliphatic heterocycles. The number of halogens is 2. The summed E-state index contributed by atoms with van der Waals surface area (Å²) in [5, 5.41) is 9.53. The summed E-state index contributed by atoms with van der Waals surface area (Å²) >= 11 is 0.427. The second kappa shape index (κ2) is 8.23. The highest BCUT2D eigenvalue weighted by atomic mass is 32.2. The molecule has 0 aromatic carbocycles. The van der Waals surface area contributed by atoms with Gasteiger partial charge < -0.3 is 19.2 Å². The molecule has 1 rings (SSSR count). The molecule has 1 heterocycles. The number of hydrogen-bond donors (Lipinski definition) is 1. The number of rotatable bonds is 8. The standard InChI is InChI=1S/C12H17F2NO4S/c1-15(5-8(16)6-18-2)11(17)10-4-3-9(19-10)7-20-12(13)14/h3-4,8,12,16H,5-7H2,1-2H3. The number of thioether (sulfide) groups is 1. The summed E-state index contributed by atoms with van der Waals surface area (Å²) in [5.74, 6) is -2.54. The number of amides is 1. The van der Waals surface area contributed by atoms with Crippen molar-refractivity contribution >= 4 is 17.7 Å². The van der Waals surface area contributed by atoms with Gasteiger partial charge >= 0.3 is 0 Å². The molecule has 0 saturated heterocycles. The first-order valence-corrected chi connectivity index (χ1v) is 6.89. The Labute approximate surface area is 119 Å². The third kappa shape index (κ3) is 5.48. The van der Waals surface area contributed by atoms with Crippen LogP contribution in [0.2, 0.25) is 0 Å². The molecular formula is C12H17F2NO4S. The zero-order valence-electron chi connectivity index (χ0n) is 11.2. The largest absolute Gasteiger partial charge is 0.455 e. The Morgan fingerprint density at radius 1 is 1.55 bits per heavy atom. The quantitative estimate of drug-likeness (QED) is 0.793. The average Bonchev–Trinajstić information content (AvgIpc) is 2.84. The van der Waals surface area contributed by atoms with E-state index >= 15 is 0 Å². The van der Waals surface area contributed by atoms with Crippen LogP contribution in [0.4, 0.5) is 8.78 Å². The number of carbonyl (C=O) groups is 1. The molecule has 1 N–H and O–H groups in total. The molecule has 0 aliphatic carbocycles. The van der Waals surface area contributed by atoms with E-state index in [2.05, 4.69) is 0 Å². The van der Waals surface area contributed by atoms with Gasteiger partial charge in [0, 0.05) is 20.7 Å². The minimum atomic E-state index is -2.48. The lowest BCUT2D eigenvalue weighted by atomic mass is 10.3. The Morgan fingerprint density at radius 3 is 2.85 bits per heavy atom. The summed E-state index contributed by atoms with van der Waals surface area (Å²) < 4.78 is 34.0. The second-order valence-corrected chi connectivity index (χ2v) is 5.11. The summed E-state index contributed by atoms with van der Waals surface area (Å²) in [5.41, 5.74) is 0. The zero-order valence-corrected chi connectivity index (χ0v) is 12.0. The van der Waals surface area contributed by atoms with Crippen LogP contribution in [0.15, 0.2) is 16.5 Å². The van der Waals surface area contributed by atoms with Crippen LogP contribution in [0.3, 0.4) is 0 Å². The van der Waals surface area contributed by atoms with Gasteiger partial charge in [0.15, 0.2) is 5.76 Å². The van der Waals surface area contributed by atoms with Crippen LogP contribution in [0.5, 0.6) is 0 Å². The van der Waals surface area contributed by atoms with Gasteiger partial charge in [0.05, 0.1) is 18.5 Å². The molecule has 0 radical (unpaired) electrons. The van der Waals surface area contributed by atoms with Gasteiger partial charge in [-0.3, -0.25) is 4.79 Å². The molecular weight excluding hydrogens is 292 g/mol. The van der Waals surface area contributed by atoms with Gasteiger partial charge in [-0.15, -0.1) is 0 Å². The van der Waals surface area contributed by atoms with Crippen LogP contribution in [-0.2, 0) is 10.5 Å². The molecule has 114 valence electrons. The van der Waals surface area contributed by atoms with Crippen LogP contribution >= 0.6 is 11.8 Å². The van der Waals surface area contributed by atoms with Gasteiger partial charge in [0.1, 0.15) is 5.76 Å². The van der Waals surface area contributed by atoms with E-state index in [-0.39, 0.29) is 24.7 Å². The fraction of sp³-hybridized carbons (Fsp3) is 0.583. The highest BCUT2D eigenvalue weighted by molar-refractivity contribution is 7.98. The molecule has 5 nitrogen and oxygen atoms in total. The van der Waals surface area contributed by atoms with Crippen molar-refractivity contribution in [2.24, 2.45) is 0 Å². The van der Waals surface area contributed by atoms with Gasteiger partial charge in [0.2, 0.25) is 0 Å². The van der Waals surface area contributed by atoms with Gasteiger partial charge in [0.25, 0.3) is 11.7 Å².